The highest BCUT2D eigenvalue weighted by molar-refractivity contribution is 5.66. The third-order valence-electron chi connectivity index (χ3n) is 3.70. The van der Waals surface area contributed by atoms with Gasteiger partial charge in [0.05, 0.1) is 25.4 Å². The third kappa shape index (κ3) is 3.49. The number of ether oxygens (including phenoxy) is 4. The summed E-state index contributed by atoms with van der Waals surface area (Å²) in [5.41, 5.74) is 0. The standard InChI is InChI=1S/C14H22O6/c1-8(15)17-6-10-5-11(7-18-9(2)16)13-12(10)19-14(3,4)20-13/h10-13H,5-7H2,1-4H3/t10-,11+,12-,13+. The zero-order chi connectivity index (χ0) is 14.9. The second-order valence-electron chi connectivity index (χ2n) is 5.93. The predicted octanol–water partition coefficient (Wildman–Crippen LogP) is 1.27. The van der Waals surface area contributed by atoms with E-state index < -0.39 is 5.79 Å². The van der Waals surface area contributed by atoms with Gasteiger partial charge in [0.15, 0.2) is 5.79 Å². The molecule has 1 aliphatic carbocycles. The number of fused-ring (bicyclic) bond motifs is 1. The molecule has 2 aliphatic rings. The van der Waals surface area contributed by atoms with E-state index >= 15 is 0 Å². The number of carbonyl (C=O) groups excluding carboxylic acids is 2. The molecule has 1 aliphatic heterocycles. The second kappa shape index (κ2) is 5.69. The lowest BCUT2D eigenvalue weighted by Gasteiger charge is -2.23. The Morgan fingerprint density at radius 2 is 1.40 bits per heavy atom. The van der Waals surface area contributed by atoms with E-state index in [0.29, 0.717) is 13.2 Å². The largest absolute Gasteiger partial charge is 0.465 e. The summed E-state index contributed by atoms with van der Waals surface area (Å²) < 4.78 is 22.0. The fourth-order valence-corrected chi connectivity index (χ4v) is 2.98. The summed E-state index contributed by atoms with van der Waals surface area (Å²) in [4.78, 5) is 21.9. The topological polar surface area (TPSA) is 71.1 Å². The highest BCUT2D eigenvalue weighted by Gasteiger charge is 2.54. The zero-order valence-electron chi connectivity index (χ0n) is 12.4. The third-order valence-corrected chi connectivity index (χ3v) is 3.70. The van der Waals surface area contributed by atoms with Gasteiger partial charge in [0.25, 0.3) is 0 Å². The molecule has 0 unspecified atom stereocenters. The minimum Gasteiger partial charge on any atom is -0.465 e. The minimum atomic E-state index is -0.654. The normalized spacial score (nSPS) is 34.6. The van der Waals surface area contributed by atoms with Crippen molar-refractivity contribution < 1.29 is 28.5 Å². The Hall–Kier alpha value is -1.14. The average Bonchev–Trinajstić information content (AvgIpc) is 2.77. The van der Waals surface area contributed by atoms with Crippen molar-refractivity contribution in [2.24, 2.45) is 11.8 Å². The van der Waals surface area contributed by atoms with Gasteiger partial charge in [-0.1, -0.05) is 0 Å². The monoisotopic (exact) mass is 286 g/mol. The molecule has 0 radical (unpaired) electrons. The van der Waals surface area contributed by atoms with Gasteiger partial charge in [0.1, 0.15) is 0 Å². The molecule has 1 saturated heterocycles. The van der Waals surface area contributed by atoms with Crippen LogP contribution >= 0.6 is 0 Å². The van der Waals surface area contributed by atoms with Crippen LogP contribution in [0.5, 0.6) is 0 Å². The Labute approximate surface area is 118 Å². The summed E-state index contributed by atoms with van der Waals surface area (Å²) in [5, 5.41) is 0. The van der Waals surface area contributed by atoms with Gasteiger partial charge in [-0.05, 0) is 20.3 Å². The second-order valence-corrected chi connectivity index (χ2v) is 5.93. The van der Waals surface area contributed by atoms with Crippen LogP contribution in [0.25, 0.3) is 0 Å². The summed E-state index contributed by atoms with van der Waals surface area (Å²) in [6.45, 7) is 7.12. The fourth-order valence-electron chi connectivity index (χ4n) is 2.98. The minimum absolute atomic E-state index is 0.0752. The summed E-state index contributed by atoms with van der Waals surface area (Å²) in [5.74, 6) is -1.11. The van der Waals surface area contributed by atoms with Gasteiger partial charge in [0.2, 0.25) is 0 Å². The molecule has 6 heteroatoms. The van der Waals surface area contributed by atoms with Crippen molar-refractivity contribution in [3.8, 4) is 0 Å². The van der Waals surface area contributed by atoms with Crippen LogP contribution < -0.4 is 0 Å². The van der Waals surface area contributed by atoms with Gasteiger partial charge in [-0.25, -0.2) is 0 Å². The van der Waals surface area contributed by atoms with Crippen LogP contribution in [0.15, 0.2) is 0 Å². The van der Waals surface area contributed by atoms with Crippen LogP contribution in [0.2, 0.25) is 0 Å². The summed E-state index contributed by atoms with van der Waals surface area (Å²) in [6, 6.07) is 0. The van der Waals surface area contributed by atoms with E-state index in [2.05, 4.69) is 0 Å². The molecule has 1 heterocycles. The molecule has 0 bridgehead atoms. The maximum atomic E-state index is 11.0. The highest BCUT2D eigenvalue weighted by atomic mass is 16.8. The molecule has 114 valence electrons. The first kappa shape index (κ1) is 15.3. The number of hydrogen-bond donors (Lipinski definition) is 0. The number of hydrogen-bond acceptors (Lipinski definition) is 6. The average molecular weight is 286 g/mol. The molecular formula is C14H22O6. The molecule has 0 aromatic carbocycles. The van der Waals surface area contributed by atoms with Gasteiger partial charge >= 0.3 is 11.9 Å². The Morgan fingerprint density at radius 3 is 1.75 bits per heavy atom. The molecule has 1 saturated carbocycles. The number of carbonyl (C=O) groups is 2. The molecule has 6 nitrogen and oxygen atoms in total. The van der Waals surface area contributed by atoms with Crippen molar-refractivity contribution >= 4 is 11.9 Å². The van der Waals surface area contributed by atoms with Crippen molar-refractivity contribution in [2.75, 3.05) is 13.2 Å². The molecule has 0 aromatic rings. The highest BCUT2D eigenvalue weighted by Crippen LogP contribution is 2.44. The van der Waals surface area contributed by atoms with Crippen molar-refractivity contribution in [2.45, 2.75) is 52.1 Å². The van der Waals surface area contributed by atoms with Crippen LogP contribution in [-0.4, -0.2) is 43.1 Å². The predicted molar refractivity (Wildman–Crippen MR) is 68.7 cm³/mol. The summed E-state index contributed by atoms with van der Waals surface area (Å²) >= 11 is 0. The number of rotatable bonds is 4. The molecule has 0 spiro atoms. The smallest absolute Gasteiger partial charge is 0.302 e. The van der Waals surface area contributed by atoms with E-state index in [1.807, 2.05) is 13.8 Å². The van der Waals surface area contributed by atoms with Crippen LogP contribution in [0, 0.1) is 11.8 Å². The van der Waals surface area contributed by atoms with E-state index in [4.69, 9.17) is 18.9 Å². The van der Waals surface area contributed by atoms with Gasteiger partial charge in [-0.2, -0.15) is 0 Å². The molecule has 2 fully saturated rings. The van der Waals surface area contributed by atoms with E-state index in [-0.39, 0.29) is 36.0 Å². The zero-order valence-corrected chi connectivity index (χ0v) is 12.4. The van der Waals surface area contributed by atoms with Crippen LogP contribution in [0.1, 0.15) is 34.1 Å². The van der Waals surface area contributed by atoms with Gasteiger partial charge in [-0.15, -0.1) is 0 Å². The van der Waals surface area contributed by atoms with Crippen LogP contribution in [-0.2, 0) is 28.5 Å². The van der Waals surface area contributed by atoms with E-state index in [1.54, 1.807) is 0 Å². The Bertz CT molecular complexity index is 357. The first-order valence-electron chi connectivity index (χ1n) is 6.91. The molecule has 0 N–H and O–H groups in total. The van der Waals surface area contributed by atoms with Crippen molar-refractivity contribution in [3.63, 3.8) is 0 Å². The first-order valence-corrected chi connectivity index (χ1v) is 6.91. The first-order chi connectivity index (χ1) is 9.28. The Morgan fingerprint density at radius 1 is 1.00 bits per heavy atom. The lowest BCUT2D eigenvalue weighted by atomic mass is 10.1. The molecule has 20 heavy (non-hydrogen) atoms. The molecule has 4 atom stereocenters. The molecule has 0 aromatic heterocycles. The van der Waals surface area contributed by atoms with Crippen molar-refractivity contribution in [3.05, 3.63) is 0 Å². The summed E-state index contributed by atoms with van der Waals surface area (Å²) in [7, 11) is 0. The number of esters is 2. The molecular weight excluding hydrogens is 264 g/mol. The maximum absolute atomic E-state index is 11.0. The van der Waals surface area contributed by atoms with E-state index in [0.717, 1.165) is 6.42 Å². The molecule has 0 amide bonds. The fraction of sp³-hybridized carbons (Fsp3) is 0.857. The lowest BCUT2D eigenvalue weighted by molar-refractivity contribution is -0.168. The van der Waals surface area contributed by atoms with Crippen molar-refractivity contribution in [1.29, 1.82) is 0 Å². The molecule has 2 rings (SSSR count). The Balaban J connectivity index is 2.01. The van der Waals surface area contributed by atoms with Gasteiger partial charge < -0.3 is 18.9 Å². The van der Waals surface area contributed by atoms with Gasteiger partial charge in [0, 0.05) is 25.7 Å². The van der Waals surface area contributed by atoms with E-state index in [9.17, 15) is 9.59 Å². The van der Waals surface area contributed by atoms with Gasteiger partial charge in [-0.3, -0.25) is 9.59 Å². The lowest BCUT2D eigenvalue weighted by Crippen LogP contribution is -2.29. The van der Waals surface area contributed by atoms with Crippen LogP contribution in [0.4, 0.5) is 0 Å². The van der Waals surface area contributed by atoms with E-state index in [1.165, 1.54) is 13.8 Å². The maximum Gasteiger partial charge on any atom is 0.302 e. The van der Waals surface area contributed by atoms with Crippen LogP contribution in [0.3, 0.4) is 0 Å². The Kier molecular flexibility index (Phi) is 4.34. The summed E-state index contributed by atoms with van der Waals surface area (Å²) in [6.07, 6.45) is 0.515. The quantitative estimate of drug-likeness (QED) is 0.725. The SMILES string of the molecule is CC(=O)OC[C@H]1C[C@@H](COC(C)=O)[C@@H]2OC(C)(C)O[C@H]12. The van der Waals surface area contributed by atoms with Crippen molar-refractivity contribution in [1.82, 2.24) is 0 Å².